The van der Waals surface area contributed by atoms with Crippen molar-refractivity contribution >= 4 is 0 Å². The fraction of sp³-hybridized carbons (Fsp3) is 0.471. The molecule has 0 saturated carbocycles. The van der Waals surface area contributed by atoms with Crippen LogP contribution in [0.2, 0.25) is 0 Å². The van der Waals surface area contributed by atoms with Crippen molar-refractivity contribution in [2.75, 3.05) is 6.54 Å². The zero-order chi connectivity index (χ0) is 14.5. The third-order valence-electron chi connectivity index (χ3n) is 3.41. The van der Waals surface area contributed by atoms with Gasteiger partial charge in [0.1, 0.15) is 0 Å². The first-order chi connectivity index (χ1) is 9.56. The minimum atomic E-state index is 0.679. The molecule has 2 aromatic rings. The van der Waals surface area contributed by atoms with Crippen molar-refractivity contribution in [2.24, 2.45) is 5.92 Å². The molecular formula is C17H25N3. The molecule has 1 heterocycles. The average molecular weight is 271 g/mol. The minimum absolute atomic E-state index is 0.679. The fourth-order valence-corrected chi connectivity index (χ4v) is 2.38. The topological polar surface area (TPSA) is 29.9 Å². The molecule has 0 bridgehead atoms. The van der Waals surface area contributed by atoms with Crippen molar-refractivity contribution in [1.29, 1.82) is 0 Å². The summed E-state index contributed by atoms with van der Waals surface area (Å²) in [6.45, 7) is 11.4. The smallest absolute Gasteiger partial charge is 0.0665 e. The summed E-state index contributed by atoms with van der Waals surface area (Å²) in [6.07, 6.45) is 0. The van der Waals surface area contributed by atoms with Crippen LogP contribution in [0.15, 0.2) is 30.3 Å². The molecule has 1 aromatic heterocycles. The maximum atomic E-state index is 4.55. The molecule has 1 N–H and O–H groups in total. The Morgan fingerprint density at radius 2 is 1.85 bits per heavy atom. The molecular weight excluding hydrogens is 246 g/mol. The molecule has 108 valence electrons. The molecule has 0 atom stereocenters. The molecule has 3 heteroatoms. The van der Waals surface area contributed by atoms with Gasteiger partial charge in [0.05, 0.1) is 12.2 Å². The van der Waals surface area contributed by atoms with Crippen LogP contribution >= 0.6 is 0 Å². The van der Waals surface area contributed by atoms with Crippen LogP contribution in [0, 0.1) is 19.8 Å². The summed E-state index contributed by atoms with van der Waals surface area (Å²) in [5.74, 6) is 0.679. The number of hydrogen-bond acceptors (Lipinski definition) is 2. The van der Waals surface area contributed by atoms with E-state index in [0.29, 0.717) is 5.92 Å². The lowest BCUT2D eigenvalue weighted by atomic mass is 10.1. The van der Waals surface area contributed by atoms with Gasteiger partial charge in [0, 0.05) is 12.2 Å². The van der Waals surface area contributed by atoms with E-state index < -0.39 is 0 Å². The normalized spacial score (nSPS) is 11.2. The van der Waals surface area contributed by atoms with Crippen molar-refractivity contribution in [3.05, 3.63) is 52.8 Å². The zero-order valence-corrected chi connectivity index (χ0v) is 13.0. The molecule has 0 aliphatic heterocycles. The summed E-state index contributed by atoms with van der Waals surface area (Å²) >= 11 is 0. The van der Waals surface area contributed by atoms with Crippen LogP contribution in [0.3, 0.4) is 0 Å². The molecule has 1 aromatic carbocycles. The van der Waals surface area contributed by atoms with Crippen molar-refractivity contribution in [3.8, 4) is 0 Å². The van der Waals surface area contributed by atoms with Gasteiger partial charge < -0.3 is 5.32 Å². The number of aryl methyl sites for hydroxylation is 2. The monoisotopic (exact) mass is 271 g/mol. The third kappa shape index (κ3) is 3.94. The maximum Gasteiger partial charge on any atom is 0.0665 e. The van der Waals surface area contributed by atoms with E-state index in [1.807, 2.05) is 6.92 Å². The molecule has 2 rings (SSSR count). The number of nitrogens with one attached hydrogen (secondary N) is 1. The van der Waals surface area contributed by atoms with Gasteiger partial charge >= 0.3 is 0 Å². The van der Waals surface area contributed by atoms with Crippen LogP contribution in [0.5, 0.6) is 0 Å². The number of rotatable bonds is 6. The first-order valence-electron chi connectivity index (χ1n) is 7.35. The fourth-order valence-electron chi connectivity index (χ4n) is 2.38. The van der Waals surface area contributed by atoms with Crippen LogP contribution in [-0.2, 0) is 13.1 Å². The zero-order valence-electron chi connectivity index (χ0n) is 13.0. The highest BCUT2D eigenvalue weighted by molar-refractivity contribution is 5.27. The average Bonchev–Trinajstić information content (AvgIpc) is 2.69. The van der Waals surface area contributed by atoms with Gasteiger partial charge in [-0.3, -0.25) is 4.68 Å². The van der Waals surface area contributed by atoms with Gasteiger partial charge in [-0.05, 0) is 43.5 Å². The van der Waals surface area contributed by atoms with E-state index in [2.05, 4.69) is 66.2 Å². The maximum absolute atomic E-state index is 4.55. The lowest BCUT2D eigenvalue weighted by molar-refractivity contribution is 0.549. The molecule has 20 heavy (non-hydrogen) atoms. The van der Waals surface area contributed by atoms with Crippen LogP contribution in [-0.4, -0.2) is 16.3 Å². The van der Waals surface area contributed by atoms with E-state index in [9.17, 15) is 0 Å². The quantitative estimate of drug-likeness (QED) is 0.873. The second kappa shape index (κ2) is 6.71. The highest BCUT2D eigenvalue weighted by Gasteiger charge is 2.06. The first kappa shape index (κ1) is 14.8. The summed E-state index contributed by atoms with van der Waals surface area (Å²) in [5, 5.41) is 8.07. The van der Waals surface area contributed by atoms with Crippen molar-refractivity contribution in [1.82, 2.24) is 15.1 Å². The number of nitrogens with zero attached hydrogens (tertiary/aromatic N) is 2. The van der Waals surface area contributed by atoms with E-state index >= 15 is 0 Å². The van der Waals surface area contributed by atoms with Gasteiger partial charge in [-0.25, -0.2) is 0 Å². The lowest BCUT2D eigenvalue weighted by Gasteiger charge is -2.13. The second-order valence-corrected chi connectivity index (χ2v) is 5.88. The minimum Gasteiger partial charge on any atom is -0.312 e. The summed E-state index contributed by atoms with van der Waals surface area (Å²) in [5.41, 5.74) is 5.00. The Morgan fingerprint density at radius 1 is 1.15 bits per heavy atom. The van der Waals surface area contributed by atoms with E-state index in [1.165, 1.54) is 16.8 Å². The Labute approximate surface area is 122 Å². The summed E-state index contributed by atoms with van der Waals surface area (Å²) in [7, 11) is 0. The Balaban J connectivity index is 2.09. The second-order valence-electron chi connectivity index (χ2n) is 5.88. The van der Waals surface area contributed by atoms with Crippen LogP contribution in [0.4, 0.5) is 0 Å². The molecule has 0 aliphatic carbocycles. The summed E-state index contributed by atoms with van der Waals surface area (Å²) < 4.78 is 2.08. The standard InChI is InChI=1S/C17H25N3/c1-13(2)10-18-11-16-7-5-6-8-17(16)12-20-15(4)9-14(3)19-20/h5-9,13,18H,10-12H2,1-4H3. The van der Waals surface area contributed by atoms with Gasteiger partial charge in [-0.2, -0.15) is 5.10 Å². The van der Waals surface area contributed by atoms with Gasteiger partial charge in [0.2, 0.25) is 0 Å². The molecule has 0 radical (unpaired) electrons. The predicted octanol–water partition coefficient (Wildman–Crippen LogP) is 3.29. The largest absolute Gasteiger partial charge is 0.312 e. The van der Waals surface area contributed by atoms with Gasteiger partial charge in [0.15, 0.2) is 0 Å². The predicted molar refractivity (Wildman–Crippen MR) is 83.8 cm³/mol. The van der Waals surface area contributed by atoms with Gasteiger partial charge in [0.25, 0.3) is 0 Å². The van der Waals surface area contributed by atoms with Crippen LogP contribution in [0.25, 0.3) is 0 Å². The highest BCUT2D eigenvalue weighted by Crippen LogP contribution is 2.12. The van der Waals surface area contributed by atoms with Crippen molar-refractivity contribution < 1.29 is 0 Å². The molecule has 0 unspecified atom stereocenters. The molecule has 3 nitrogen and oxygen atoms in total. The lowest BCUT2D eigenvalue weighted by Crippen LogP contribution is -2.20. The van der Waals surface area contributed by atoms with E-state index in [1.54, 1.807) is 0 Å². The molecule has 0 saturated heterocycles. The van der Waals surface area contributed by atoms with E-state index in [-0.39, 0.29) is 0 Å². The van der Waals surface area contributed by atoms with Crippen molar-refractivity contribution in [2.45, 2.75) is 40.8 Å². The Kier molecular flexibility index (Phi) is 4.96. The highest BCUT2D eigenvalue weighted by atomic mass is 15.3. The van der Waals surface area contributed by atoms with E-state index in [4.69, 9.17) is 0 Å². The molecule has 0 spiro atoms. The third-order valence-corrected chi connectivity index (χ3v) is 3.41. The first-order valence-corrected chi connectivity index (χ1v) is 7.35. The Bertz CT molecular complexity index is 555. The number of aromatic nitrogens is 2. The van der Waals surface area contributed by atoms with Gasteiger partial charge in [-0.15, -0.1) is 0 Å². The Hall–Kier alpha value is -1.61. The molecule has 0 aliphatic rings. The molecule has 0 fully saturated rings. The summed E-state index contributed by atoms with van der Waals surface area (Å²) in [6, 6.07) is 10.7. The summed E-state index contributed by atoms with van der Waals surface area (Å²) in [4.78, 5) is 0. The van der Waals surface area contributed by atoms with Gasteiger partial charge in [-0.1, -0.05) is 38.1 Å². The van der Waals surface area contributed by atoms with Crippen LogP contribution < -0.4 is 5.32 Å². The van der Waals surface area contributed by atoms with Crippen LogP contribution in [0.1, 0.15) is 36.4 Å². The Morgan fingerprint density at radius 3 is 2.45 bits per heavy atom. The number of hydrogen-bond donors (Lipinski definition) is 1. The van der Waals surface area contributed by atoms with E-state index in [0.717, 1.165) is 25.3 Å². The number of benzene rings is 1. The molecule has 0 amide bonds. The SMILES string of the molecule is Cc1cc(C)n(Cc2ccccc2CNCC(C)C)n1. The van der Waals surface area contributed by atoms with Crippen molar-refractivity contribution in [3.63, 3.8) is 0 Å².